The summed E-state index contributed by atoms with van der Waals surface area (Å²) in [5, 5.41) is 44.9. The Morgan fingerprint density at radius 1 is 1.03 bits per heavy atom. The van der Waals surface area contributed by atoms with Gasteiger partial charge < -0.3 is 66.1 Å². The predicted octanol–water partition coefficient (Wildman–Crippen LogP) is -0.509. The van der Waals surface area contributed by atoms with Gasteiger partial charge in [0.25, 0.3) is 0 Å². The van der Waals surface area contributed by atoms with Gasteiger partial charge in [-0.05, 0) is 11.6 Å². The molecule has 4 heterocycles. The largest absolute Gasteiger partial charge is 0.481 e. The number of hydrogen-bond acceptors (Lipinski definition) is 19. The van der Waals surface area contributed by atoms with E-state index < -0.39 is 90.7 Å². The fourth-order valence-electron chi connectivity index (χ4n) is 5.73. The molecule has 1 aliphatic rings. The molecule has 0 spiro atoms. The van der Waals surface area contributed by atoms with Crippen LogP contribution in [0.3, 0.4) is 0 Å². The molecule has 13 N–H and O–H groups in total. The van der Waals surface area contributed by atoms with E-state index in [0.29, 0.717) is 12.3 Å². The zero-order valence-corrected chi connectivity index (χ0v) is 36.8. The van der Waals surface area contributed by atoms with Crippen molar-refractivity contribution in [3.63, 3.8) is 0 Å². The minimum atomic E-state index is -5.54. The molecule has 3 aromatic heterocycles. The van der Waals surface area contributed by atoms with Crippen LogP contribution in [0.2, 0.25) is 0 Å². The van der Waals surface area contributed by atoms with Crippen LogP contribution in [-0.2, 0) is 57.1 Å². The lowest BCUT2D eigenvalue weighted by Gasteiger charge is -2.30. The lowest BCUT2D eigenvalue weighted by atomic mass is 9.87. The third-order valence-electron chi connectivity index (χ3n) is 8.88. The first kappa shape index (κ1) is 51.7. The van der Waals surface area contributed by atoms with E-state index in [1.54, 1.807) is 6.20 Å². The number of fused-ring (bicyclic) bond motifs is 2. The Labute approximate surface area is 362 Å². The average molecular weight is 973 g/mol. The molecule has 63 heavy (non-hydrogen) atoms. The van der Waals surface area contributed by atoms with Gasteiger partial charge in [0.2, 0.25) is 11.8 Å². The summed E-state index contributed by atoms with van der Waals surface area (Å²) >= 11 is 3.95. The van der Waals surface area contributed by atoms with Crippen molar-refractivity contribution in [2.75, 3.05) is 37.8 Å². The summed E-state index contributed by atoms with van der Waals surface area (Å²) in [5.41, 5.74) is 6.07. The highest BCUT2D eigenvalue weighted by Crippen LogP contribution is 2.61. The summed E-state index contributed by atoms with van der Waals surface area (Å²) < 4.78 is 61.7. The van der Waals surface area contributed by atoms with E-state index in [-0.39, 0.29) is 42.3 Å². The van der Waals surface area contributed by atoms with Gasteiger partial charge in [-0.2, -0.15) is 16.9 Å². The Hall–Kier alpha value is -3.92. The predicted molar refractivity (Wildman–Crippen MR) is 219 cm³/mol. The maximum atomic E-state index is 12.6. The van der Waals surface area contributed by atoms with E-state index >= 15 is 0 Å². The molecule has 1 aliphatic heterocycles. The topological polar surface area (TPSA) is 420 Å². The maximum Gasteiger partial charge on any atom is 0.481 e. The van der Waals surface area contributed by atoms with Crippen LogP contribution in [0.1, 0.15) is 32.1 Å². The molecular formula is C32H47N8O19P3S. The number of aliphatic hydroxyl groups is 3. The highest BCUT2D eigenvalue weighted by Gasteiger charge is 2.50. The first-order chi connectivity index (χ1) is 29.3. The van der Waals surface area contributed by atoms with Gasteiger partial charge in [-0.15, -0.1) is 0 Å². The monoisotopic (exact) mass is 972 g/mol. The number of rotatable bonds is 21. The van der Waals surface area contributed by atoms with E-state index in [1.165, 1.54) is 13.8 Å². The fourth-order valence-corrected chi connectivity index (χ4v) is 8.67. The lowest BCUT2D eigenvalue weighted by Crippen LogP contribution is -2.46. The Kier molecular flexibility index (Phi) is 17.9. The number of thiol groups is 1. The number of ether oxygens (including phenoxy) is 1. The second kappa shape index (κ2) is 21.8. The minimum Gasteiger partial charge on any atom is -0.479 e. The Bertz CT molecular complexity index is 2360. The van der Waals surface area contributed by atoms with Gasteiger partial charge in [0.05, 0.1) is 19.5 Å². The smallest absolute Gasteiger partial charge is 0.479 e. The van der Waals surface area contributed by atoms with Crippen LogP contribution in [0.4, 0.5) is 5.82 Å². The number of aromatic nitrogens is 5. The van der Waals surface area contributed by atoms with Gasteiger partial charge in [0, 0.05) is 54.2 Å². The third-order valence-corrected chi connectivity index (χ3v) is 12.2. The number of carboxylic acids is 1. The molecule has 0 saturated carbocycles. The second-order valence-corrected chi connectivity index (χ2v) is 18.9. The number of carbonyl (C=O) groups is 3. The summed E-state index contributed by atoms with van der Waals surface area (Å²) in [6, 6.07) is 7.59. The van der Waals surface area contributed by atoms with Crippen LogP contribution in [0, 0.1) is 5.41 Å². The molecule has 31 heteroatoms. The van der Waals surface area contributed by atoms with Gasteiger partial charge in [-0.3, -0.25) is 27.7 Å². The first-order valence-corrected chi connectivity index (χ1v) is 23.5. The van der Waals surface area contributed by atoms with E-state index in [1.807, 2.05) is 24.3 Å². The number of hydrogen-bond donors (Lipinski definition) is 13. The number of nitrogens with zero attached hydrogens (tertiary/aromatic N) is 4. The SMILES string of the molecule is CC(C)(COP(=O)(O)OP(=O)(O)OC[C@H]1O[C@@H](n2cnc3c(N)ncnc32)[C@H](O)[C@@H]1OP(=O)(O)O)[C@@H](O)C(=O)NCCC(=O)NCCS.O=C(O)C(O)Cc1c[nH]c2ccccc12. The number of aromatic amines is 1. The number of nitrogens with two attached hydrogens (primary N) is 1. The number of nitrogens with one attached hydrogen (secondary N) is 3. The first-order valence-electron chi connectivity index (χ1n) is 18.3. The van der Waals surface area contributed by atoms with Gasteiger partial charge in [-0.1, -0.05) is 32.0 Å². The molecule has 0 aliphatic carbocycles. The van der Waals surface area contributed by atoms with E-state index in [4.69, 9.17) is 24.6 Å². The Balaban J connectivity index is 0.000000484. The van der Waals surface area contributed by atoms with Crippen LogP contribution in [0.25, 0.3) is 22.1 Å². The highest BCUT2D eigenvalue weighted by molar-refractivity contribution is 7.80. The van der Waals surface area contributed by atoms with Crippen molar-refractivity contribution in [3.05, 3.63) is 48.7 Å². The molecule has 1 aromatic carbocycles. The number of aliphatic carboxylic acids is 1. The summed E-state index contributed by atoms with van der Waals surface area (Å²) in [7, 11) is -16.3. The third kappa shape index (κ3) is 14.8. The quantitative estimate of drug-likeness (QED) is 0.0369. The van der Waals surface area contributed by atoms with Crippen molar-refractivity contribution < 1.29 is 90.7 Å². The van der Waals surface area contributed by atoms with Crippen molar-refractivity contribution in [2.24, 2.45) is 5.41 Å². The van der Waals surface area contributed by atoms with Gasteiger partial charge in [-0.25, -0.2) is 33.4 Å². The van der Waals surface area contributed by atoms with Crippen LogP contribution in [0.15, 0.2) is 43.1 Å². The standard InChI is InChI=1S/C21H36N7O16P3S.C11H11NO3/c1-21(2,16(31)19(32)24-4-3-12(29)23-5-6-48)8-41-47(38,39)44-46(36,37)40-7-11-15(43-45(33,34)35)14(30)20(42-11)28-10-27-13-17(22)25-9-26-18(13)28;13-10(11(14)15)5-7-6-12-9-4-2-1-3-8(7)9/h9-11,14-16,20,30-31,48H,3-8H2,1-2H3,(H,23,29)(H,24,32)(H,36,37)(H,38,39)(H2,22,25,26)(H2,33,34,35);1-4,6,10,12-13H,5H2,(H,14,15)/t11-,14-,15-,16+,20-;/m1./s1. The Morgan fingerprint density at radius 2 is 1.71 bits per heavy atom. The van der Waals surface area contributed by atoms with Crippen LogP contribution >= 0.6 is 36.1 Å². The fraction of sp³-hybridized carbons (Fsp3) is 0.500. The van der Waals surface area contributed by atoms with Gasteiger partial charge in [0.15, 0.2) is 23.8 Å². The number of para-hydroxylation sites is 1. The Morgan fingerprint density at radius 3 is 2.38 bits per heavy atom. The number of H-pyrrole nitrogens is 1. The molecule has 1 fully saturated rings. The van der Waals surface area contributed by atoms with Crippen LogP contribution in [-0.4, -0.2) is 145 Å². The van der Waals surface area contributed by atoms with Gasteiger partial charge in [0.1, 0.15) is 36.3 Å². The summed E-state index contributed by atoms with van der Waals surface area (Å²) in [6.07, 6.45) is -6.23. The molecule has 0 radical (unpaired) electrons. The second-order valence-electron chi connectivity index (χ2n) is 14.2. The van der Waals surface area contributed by atoms with E-state index in [9.17, 15) is 63.0 Å². The zero-order valence-electron chi connectivity index (χ0n) is 33.2. The number of anilines is 1. The molecule has 27 nitrogen and oxygen atoms in total. The van der Waals surface area contributed by atoms with Crippen LogP contribution in [0.5, 0.6) is 0 Å². The number of carbonyl (C=O) groups excluding carboxylic acids is 2. The van der Waals surface area contributed by atoms with Crippen molar-refractivity contribution in [1.82, 2.24) is 35.1 Å². The highest BCUT2D eigenvalue weighted by atomic mass is 32.1. The minimum absolute atomic E-state index is 0.0363. The number of nitrogen functional groups attached to an aromatic ring is 1. The van der Waals surface area contributed by atoms with Crippen molar-refractivity contribution >= 4 is 81.8 Å². The van der Waals surface area contributed by atoms with E-state index in [0.717, 1.165) is 33.7 Å². The molecule has 2 amide bonds. The number of amides is 2. The number of carboxylic acid groups (broad SMARTS) is 1. The van der Waals surface area contributed by atoms with Gasteiger partial charge >= 0.3 is 29.4 Å². The number of phosphoric ester groups is 3. The molecule has 3 unspecified atom stereocenters. The van der Waals surface area contributed by atoms with Crippen LogP contribution < -0.4 is 16.4 Å². The number of imidazole rings is 1. The number of benzene rings is 1. The molecule has 0 bridgehead atoms. The molecular weight excluding hydrogens is 925 g/mol. The summed E-state index contributed by atoms with van der Waals surface area (Å²) in [5.74, 6) is -2.14. The average Bonchev–Trinajstić information content (AvgIpc) is 3.90. The lowest BCUT2D eigenvalue weighted by molar-refractivity contribution is -0.146. The molecule has 5 rings (SSSR count). The zero-order chi connectivity index (χ0) is 46.9. The van der Waals surface area contributed by atoms with E-state index in [2.05, 4.69) is 52.0 Å². The molecule has 4 aromatic rings. The van der Waals surface area contributed by atoms with Crippen molar-refractivity contribution in [2.45, 2.75) is 63.4 Å². The molecule has 1 saturated heterocycles. The normalized spacial score (nSPS) is 20.9. The van der Waals surface area contributed by atoms with Crippen molar-refractivity contribution in [1.29, 1.82) is 0 Å². The number of aliphatic hydroxyl groups excluding tert-OH is 3. The maximum absolute atomic E-state index is 12.6. The van der Waals surface area contributed by atoms with Crippen molar-refractivity contribution in [3.8, 4) is 0 Å². The number of phosphoric acid groups is 3. The molecule has 8 atom stereocenters. The summed E-state index contributed by atoms with van der Waals surface area (Å²) in [4.78, 5) is 88.1. The summed E-state index contributed by atoms with van der Waals surface area (Å²) in [6.45, 7) is 0.723. The molecule has 350 valence electrons.